The average molecular weight is 480 g/mol. The van der Waals surface area contributed by atoms with Gasteiger partial charge in [0.05, 0.1) is 0 Å². The highest BCUT2D eigenvalue weighted by molar-refractivity contribution is 5.69. The van der Waals surface area contributed by atoms with E-state index in [-0.39, 0.29) is 18.4 Å². The van der Waals surface area contributed by atoms with Crippen molar-refractivity contribution in [1.29, 1.82) is 0 Å². The summed E-state index contributed by atoms with van der Waals surface area (Å²) in [5.74, 6) is -1.61. The lowest BCUT2D eigenvalue weighted by Crippen LogP contribution is -2.41. The number of carboxylic acid groups (broad SMARTS) is 1. The summed E-state index contributed by atoms with van der Waals surface area (Å²) in [6, 6.07) is 18.2. The van der Waals surface area contributed by atoms with E-state index in [1.807, 2.05) is 19.1 Å². The van der Waals surface area contributed by atoms with Crippen LogP contribution in [0, 0.1) is 18.6 Å². The Morgan fingerprint density at radius 1 is 1.06 bits per heavy atom. The molecule has 4 nitrogen and oxygen atoms in total. The molecule has 184 valence electrons. The molecule has 0 radical (unpaired) electrons. The third-order valence-corrected chi connectivity index (χ3v) is 6.99. The number of hydrogen-bond donors (Lipinski definition) is 1. The smallest absolute Gasteiger partial charge is 0.407 e. The first-order valence-electron chi connectivity index (χ1n) is 12.0. The lowest BCUT2D eigenvalue weighted by atomic mass is 9.75. The molecule has 3 aromatic carbocycles. The van der Waals surface area contributed by atoms with E-state index in [0.29, 0.717) is 25.1 Å². The lowest BCUT2D eigenvalue weighted by Gasteiger charge is -2.38. The molecule has 0 saturated carbocycles. The van der Waals surface area contributed by atoms with E-state index < -0.39 is 17.7 Å². The molecule has 1 amide bonds. The third-order valence-electron chi connectivity index (χ3n) is 6.99. The van der Waals surface area contributed by atoms with Gasteiger partial charge in [0.1, 0.15) is 11.6 Å². The van der Waals surface area contributed by atoms with Gasteiger partial charge in [0.25, 0.3) is 0 Å². The van der Waals surface area contributed by atoms with Crippen molar-refractivity contribution < 1.29 is 23.4 Å². The molecule has 1 fully saturated rings. The van der Waals surface area contributed by atoms with E-state index in [1.54, 1.807) is 7.11 Å². The minimum Gasteiger partial charge on any atom is -0.465 e. The van der Waals surface area contributed by atoms with Gasteiger partial charge < -0.3 is 14.7 Å². The number of ether oxygens (including phenoxy) is 1. The predicted octanol–water partition coefficient (Wildman–Crippen LogP) is 6.77. The first kappa shape index (κ1) is 24.9. The summed E-state index contributed by atoms with van der Waals surface area (Å²) in [4.78, 5) is 13.1. The van der Waals surface area contributed by atoms with Crippen LogP contribution in [0.4, 0.5) is 13.6 Å². The number of amides is 1. The van der Waals surface area contributed by atoms with Gasteiger partial charge in [-0.2, -0.15) is 0 Å². The Bertz CT molecular complexity index is 1180. The van der Waals surface area contributed by atoms with Gasteiger partial charge in [0.15, 0.2) is 0 Å². The van der Waals surface area contributed by atoms with Crippen LogP contribution in [0.1, 0.15) is 46.9 Å². The van der Waals surface area contributed by atoms with Gasteiger partial charge in [0, 0.05) is 38.8 Å². The second-order valence-electron chi connectivity index (χ2n) is 9.26. The minimum atomic E-state index is -0.974. The van der Waals surface area contributed by atoms with Crippen LogP contribution in [0.3, 0.4) is 0 Å². The van der Waals surface area contributed by atoms with Gasteiger partial charge >= 0.3 is 6.09 Å². The van der Waals surface area contributed by atoms with Gasteiger partial charge in [-0.15, -0.1) is 0 Å². The SMILES string of the molecule is COCCCc1ccccc1-c1ccc(C2CN(C(=O)O)CCC2c2cc(F)cc(F)c2)c(C)c1. The van der Waals surface area contributed by atoms with Crippen molar-refractivity contribution in [3.8, 4) is 11.1 Å². The number of rotatable bonds is 7. The van der Waals surface area contributed by atoms with Gasteiger partial charge in [-0.05, 0) is 77.6 Å². The first-order valence-corrected chi connectivity index (χ1v) is 12.0. The fourth-order valence-corrected chi connectivity index (χ4v) is 5.32. The molecule has 1 aliphatic heterocycles. The Labute approximate surface area is 205 Å². The van der Waals surface area contributed by atoms with E-state index in [0.717, 1.165) is 41.2 Å². The topological polar surface area (TPSA) is 49.8 Å². The molecule has 6 heteroatoms. The summed E-state index contributed by atoms with van der Waals surface area (Å²) in [7, 11) is 1.70. The quantitative estimate of drug-likeness (QED) is 0.381. The van der Waals surface area contributed by atoms with Crippen LogP contribution >= 0.6 is 0 Å². The maximum absolute atomic E-state index is 14.0. The van der Waals surface area contributed by atoms with Crippen molar-refractivity contribution in [2.75, 3.05) is 26.8 Å². The van der Waals surface area contributed by atoms with Gasteiger partial charge in [0.2, 0.25) is 0 Å². The number of nitrogens with zero attached hydrogens (tertiary/aromatic N) is 1. The summed E-state index contributed by atoms with van der Waals surface area (Å²) < 4.78 is 33.3. The van der Waals surface area contributed by atoms with Crippen LogP contribution in [0.15, 0.2) is 60.7 Å². The second-order valence-corrected chi connectivity index (χ2v) is 9.26. The molecular formula is C29H31F2NO3. The Balaban J connectivity index is 1.69. The predicted molar refractivity (Wildman–Crippen MR) is 133 cm³/mol. The Morgan fingerprint density at radius 2 is 1.80 bits per heavy atom. The second kappa shape index (κ2) is 11.0. The Kier molecular flexibility index (Phi) is 7.81. The molecule has 0 aliphatic carbocycles. The number of benzene rings is 3. The summed E-state index contributed by atoms with van der Waals surface area (Å²) in [6.07, 6.45) is 1.37. The number of likely N-dealkylation sites (tertiary alicyclic amines) is 1. The van der Waals surface area contributed by atoms with Gasteiger partial charge in [-0.25, -0.2) is 13.6 Å². The number of halogens is 2. The molecule has 2 unspecified atom stereocenters. The molecule has 1 saturated heterocycles. The average Bonchev–Trinajstić information content (AvgIpc) is 2.83. The molecule has 2 atom stereocenters. The van der Waals surface area contributed by atoms with Crippen LogP contribution in [0.2, 0.25) is 0 Å². The third kappa shape index (κ3) is 5.70. The molecule has 1 N–H and O–H groups in total. The highest BCUT2D eigenvalue weighted by Crippen LogP contribution is 2.42. The van der Waals surface area contributed by atoms with Crippen molar-refractivity contribution in [3.05, 3.63) is 94.6 Å². The maximum atomic E-state index is 14.0. The van der Waals surface area contributed by atoms with Crippen molar-refractivity contribution in [1.82, 2.24) is 4.90 Å². The number of hydrogen-bond acceptors (Lipinski definition) is 2. The van der Waals surface area contributed by atoms with E-state index in [2.05, 4.69) is 30.3 Å². The van der Waals surface area contributed by atoms with Crippen molar-refractivity contribution in [3.63, 3.8) is 0 Å². The van der Waals surface area contributed by atoms with Crippen LogP contribution in [-0.4, -0.2) is 42.9 Å². The molecule has 0 aromatic heterocycles. The zero-order valence-electron chi connectivity index (χ0n) is 20.1. The zero-order valence-corrected chi connectivity index (χ0v) is 20.1. The molecule has 0 bridgehead atoms. The van der Waals surface area contributed by atoms with E-state index in [1.165, 1.54) is 22.6 Å². The number of methoxy groups -OCH3 is 1. The molecule has 3 aromatic rings. The molecule has 4 rings (SSSR count). The number of piperidine rings is 1. The fraction of sp³-hybridized carbons (Fsp3) is 0.345. The minimum absolute atomic E-state index is 0.179. The Hall–Kier alpha value is -3.25. The zero-order chi connectivity index (χ0) is 24.9. The van der Waals surface area contributed by atoms with Gasteiger partial charge in [-0.1, -0.05) is 42.5 Å². The van der Waals surface area contributed by atoms with Crippen molar-refractivity contribution in [2.45, 2.75) is 38.0 Å². The molecular weight excluding hydrogens is 448 g/mol. The molecule has 1 aliphatic rings. The lowest BCUT2D eigenvalue weighted by molar-refractivity contribution is 0.125. The molecule has 0 spiro atoms. The fourth-order valence-electron chi connectivity index (χ4n) is 5.32. The van der Waals surface area contributed by atoms with Crippen molar-refractivity contribution >= 4 is 6.09 Å². The summed E-state index contributed by atoms with van der Waals surface area (Å²) in [6.45, 7) is 3.35. The standard InChI is InChI=1S/C29H31F2NO3/c1-19-14-21(26-8-4-3-6-20(26)7-5-13-35-2)9-10-25(19)28-18-32(29(33)34)12-11-27(28)22-15-23(30)17-24(31)16-22/h3-4,6,8-10,14-17,27-28H,5,7,11-13,18H2,1-2H3,(H,33,34). The first-order chi connectivity index (χ1) is 16.9. The van der Waals surface area contributed by atoms with E-state index in [9.17, 15) is 18.7 Å². The van der Waals surface area contributed by atoms with Crippen LogP contribution in [0.25, 0.3) is 11.1 Å². The van der Waals surface area contributed by atoms with Crippen molar-refractivity contribution in [2.24, 2.45) is 0 Å². The summed E-state index contributed by atoms with van der Waals surface area (Å²) in [5.41, 5.74) is 6.12. The number of carbonyl (C=O) groups is 1. The summed E-state index contributed by atoms with van der Waals surface area (Å²) >= 11 is 0. The molecule has 1 heterocycles. The molecule has 35 heavy (non-hydrogen) atoms. The summed E-state index contributed by atoms with van der Waals surface area (Å²) in [5, 5.41) is 9.63. The van der Waals surface area contributed by atoms with E-state index in [4.69, 9.17) is 4.74 Å². The highest BCUT2D eigenvalue weighted by atomic mass is 19.1. The van der Waals surface area contributed by atoms with Crippen LogP contribution < -0.4 is 0 Å². The highest BCUT2D eigenvalue weighted by Gasteiger charge is 2.34. The van der Waals surface area contributed by atoms with Crippen LogP contribution in [-0.2, 0) is 11.2 Å². The number of aryl methyl sites for hydroxylation is 2. The monoisotopic (exact) mass is 479 g/mol. The van der Waals surface area contributed by atoms with Crippen LogP contribution in [0.5, 0.6) is 0 Å². The largest absolute Gasteiger partial charge is 0.465 e. The normalized spacial score (nSPS) is 18.0. The Morgan fingerprint density at radius 3 is 2.49 bits per heavy atom. The maximum Gasteiger partial charge on any atom is 0.407 e. The van der Waals surface area contributed by atoms with E-state index >= 15 is 0 Å². The van der Waals surface area contributed by atoms with Gasteiger partial charge in [-0.3, -0.25) is 0 Å².